The Bertz CT molecular complexity index is 1490. The maximum atomic E-state index is 13.2. The van der Waals surface area contributed by atoms with Crippen molar-refractivity contribution in [3.05, 3.63) is 113 Å². The molecule has 0 radical (unpaired) electrons. The van der Waals surface area contributed by atoms with Gasteiger partial charge in [0.05, 0.1) is 4.91 Å². The van der Waals surface area contributed by atoms with Gasteiger partial charge in [-0.05, 0) is 64.1 Å². The molecule has 0 aromatic heterocycles. The summed E-state index contributed by atoms with van der Waals surface area (Å²) < 4.78 is 19.3. The normalized spacial score (nSPS) is 14.4. The predicted molar refractivity (Wildman–Crippen MR) is 144 cm³/mol. The molecule has 1 saturated heterocycles. The molecule has 1 fully saturated rings. The maximum absolute atomic E-state index is 13.2. The molecule has 0 bridgehead atoms. The van der Waals surface area contributed by atoms with Crippen LogP contribution < -0.4 is 39.6 Å². The molecule has 4 aromatic rings. The number of amides is 1. The van der Waals surface area contributed by atoms with Crippen LogP contribution in [-0.4, -0.2) is 22.2 Å². The van der Waals surface area contributed by atoms with Crippen LogP contribution in [0.5, 0.6) is 5.75 Å². The van der Waals surface area contributed by atoms with Gasteiger partial charge in [0.15, 0.2) is 5.17 Å². The Balaban J connectivity index is 0.000000749. The molecular formula is C29H22FN2NaO4S. The number of hydrogen-bond donors (Lipinski definition) is 2. The standard InChI is InChI=1S/C27H18FN2O2S.C2H4O2.Na/c28-22-12-10-18(11-13-22)17-32-24-15-20-7-5-4-6-19(20)14-21(24)16-25-26(31)30-27(33-25)29-23-8-2-1-3-9-23;1-2(3)4;/h2-16H,17H2,(H,29,30,31);1H3,(H,3,4);/q-1;;+1/b25-16+;;. The molecule has 2 N–H and O–H groups in total. The van der Waals surface area contributed by atoms with Crippen molar-refractivity contribution in [2.24, 2.45) is 4.99 Å². The van der Waals surface area contributed by atoms with Gasteiger partial charge in [-0.15, -0.1) is 12.1 Å². The summed E-state index contributed by atoms with van der Waals surface area (Å²) in [7, 11) is 0. The van der Waals surface area contributed by atoms with Crippen molar-refractivity contribution < 1.29 is 53.4 Å². The van der Waals surface area contributed by atoms with Crippen LogP contribution in [0.25, 0.3) is 16.8 Å². The molecule has 5 rings (SSSR count). The number of benzene rings is 4. The average Bonchev–Trinajstić information content (AvgIpc) is 3.22. The van der Waals surface area contributed by atoms with Gasteiger partial charge in [-0.2, -0.15) is 18.2 Å². The van der Waals surface area contributed by atoms with Gasteiger partial charge in [-0.3, -0.25) is 14.6 Å². The van der Waals surface area contributed by atoms with E-state index >= 15 is 0 Å². The van der Waals surface area contributed by atoms with Crippen molar-refractivity contribution in [3.63, 3.8) is 0 Å². The summed E-state index contributed by atoms with van der Waals surface area (Å²) in [4.78, 5) is 26.6. The monoisotopic (exact) mass is 536 g/mol. The smallest absolute Gasteiger partial charge is 0.488 e. The van der Waals surface area contributed by atoms with Crippen LogP contribution in [0.2, 0.25) is 0 Å². The van der Waals surface area contributed by atoms with Gasteiger partial charge < -0.3 is 15.2 Å². The van der Waals surface area contributed by atoms with Gasteiger partial charge in [0.1, 0.15) is 18.2 Å². The number of aliphatic carboxylic acids is 1. The number of carbonyl (C=O) groups is 2. The van der Waals surface area contributed by atoms with Crippen LogP contribution in [0.1, 0.15) is 18.1 Å². The number of halogens is 1. The number of carboxylic acids is 1. The number of nitrogens with zero attached hydrogens (tertiary/aromatic N) is 1. The summed E-state index contributed by atoms with van der Waals surface area (Å²) in [5, 5.41) is 12.8. The third-order valence-electron chi connectivity index (χ3n) is 5.05. The minimum Gasteiger partial charge on any atom is -0.488 e. The molecular weight excluding hydrogens is 514 g/mol. The summed E-state index contributed by atoms with van der Waals surface area (Å²) in [6, 6.07) is 28.3. The Labute approximate surface area is 245 Å². The summed E-state index contributed by atoms with van der Waals surface area (Å²) in [5.41, 5.74) is 2.38. The van der Waals surface area contributed by atoms with Crippen molar-refractivity contribution in [2.45, 2.75) is 13.5 Å². The Kier molecular flexibility index (Phi) is 10.7. The van der Waals surface area contributed by atoms with E-state index in [0.29, 0.717) is 15.8 Å². The van der Waals surface area contributed by atoms with Crippen molar-refractivity contribution in [1.29, 1.82) is 0 Å². The van der Waals surface area contributed by atoms with E-state index in [9.17, 15) is 9.18 Å². The molecule has 0 aliphatic carbocycles. The zero-order valence-electron chi connectivity index (χ0n) is 20.8. The molecule has 9 heteroatoms. The van der Waals surface area contributed by atoms with Crippen molar-refractivity contribution >= 4 is 51.3 Å². The fraction of sp³-hybridized carbons (Fsp3) is 0.0690. The summed E-state index contributed by atoms with van der Waals surface area (Å²) in [6.45, 7) is 1.37. The Morgan fingerprint density at radius 2 is 1.71 bits per heavy atom. The van der Waals surface area contributed by atoms with Crippen molar-refractivity contribution in [1.82, 2.24) is 5.32 Å². The summed E-state index contributed by atoms with van der Waals surface area (Å²) >= 11 is 1.28. The van der Waals surface area contributed by atoms with Crippen LogP contribution >= 0.6 is 11.8 Å². The topological polar surface area (TPSA) is 88.0 Å². The van der Waals surface area contributed by atoms with Crippen LogP contribution in [0.15, 0.2) is 94.8 Å². The number of thioether (sulfide) groups is 1. The minimum absolute atomic E-state index is 0. The van der Waals surface area contributed by atoms with E-state index in [-0.39, 0.29) is 47.9 Å². The van der Waals surface area contributed by atoms with Gasteiger partial charge in [-0.25, -0.2) is 4.39 Å². The first-order valence-electron chi connectivity index (χ1n) is 11.2. The molecule has 186 valence electrons. The third-order valence-corrected chi connectivity index (χ3v) is 5.96. The Hall–Kier alpha value is -3.43. The SMILES string of the molecule is CC(=O)O.O=C1NC(=Nc2cc[c-]cc2)S/C1=C/c1cc2ccccc2cc1OCc1ccc(F)cc1.[Na+]. The molecule has 0 saturated carbocycles. The van der Waals surface area contributed by atoms with Gasteiger partial charge in [0.25, 0.3) is 11.9 Å². The fourth-order valence-corrected chi connectivity index (χ4v) is 4.24. The number of rotatable bonds is 5. The molecule has 0 spiro atoms. The predicted octanol–water partition coefficient (Wildman–Crippen LogP) is 3.34. The van der Waals surface area contributed by atoms with E-state index in [0.717, 1.165) is 34.5 Å². The molecule has 0 unspecified atom stereocenters. The van der Waals surface area contributed by atoms with Gasteiger partial charge in [0.2, 0.25) is 0 Å². The molecule has 4 aromatic carbocycles. The number of nitrogens with one attached hydrogen (secondary N) is 1. The van der Waals surface area contributed by atoms with E-state index in [1.54, 1.807) is 24.3 Å². The fourth-order valence-electron chi connectivity index (χ4n) is 3.41. The largest absolute Gasteiger partial charge is 1.00 e. The third kappa shape index (κ3) is 8.29. The number of carboxylic acid groups (broad SMARTS) is 1. The van der Waals surface area contributed by atoms with Crippen molar-refractivity contribution in [3.8, 4) is 5.75 Å². The molecule has 1 heterocycles. The number of fused-ring (bicyclic) bond motifs is 1. The maximum Gasteiger partial charge on any atom is 1.00 e. The zero-order valence-corrected chi connectivity index (χ0v) is 23.6. The minimum atomic E-state index is -0.833. The first-order chi connectivity index (χ1) is 17.9. The van der Waals surface area contributed by atoms with Gasteiger partial charge in [-0.1, -0.05) is 36.4 Å². The van der Waals surface area contributed by atoms with Crippen LogP contribution in [0, 0.1) is 11.9 Å². The first-order valence-corrected chi connectivity index (χ1v) is 12.0. The number of ether oxygens (including phenoxy) is 1. The molecule has 1 aliphatic heterocycles. The molecule has 1 amide bonds. The average molecular weight is 537 g/mol. The number of aliphatic imine (C=N–C) groups is 1. The zero-order chi connectivity index (χ0) is 26.2. The molecule has 1 aliphatic rings. The second-order valence-corrected chi connectivity index (χ2v) is 8.94. The molecule has 38 heavy (non-hydrogen) atoms. The van der Waals surface area contributed by atoms with Crippen molar-refractivity contribution in [2.75, 3.05) is 0 Å². The van der Waals surface area contributed by atoms with E-state index in [4.69, 9.17) is 14.6 Å². The van der Waals surface area contributed by atoms with Crippen LogP contribution in [0.4, 0.5) is 10.1 Å². The Morgan fingerprint density at radius 3 is 2.37 bits per heavy atom. The number of hydrogen-bond acceptors (Lipinski definition) is 5. The number of amidine groups is 1. The summed E-state index contributed by atoms with van der Waals surface area (Å²) in [5.74, 6) is -0.688. The van der Waals surface area contributed by atoms with E-state index in [1.165, 1.54) is 23.9 Å². The van der Waals surface area contributed by atoms with E-state index in [2.05, 4.69) is 16.4 Å². The second kappa shape index (κ2) is 13.9. The first kappa shape index (κ1) is 29.1. The second-order valence-electron chi connectivity index (χ2n) is 7.91. The van der Waals surface area contributed by atoms with E-state index < -0.39 is 5.97 Å². The van der Waals surface area contributed by atoms with Gasteiger partial charge in [0, 0.05) is 12.5 Å². The van der Waals surface area contributed by atoms with E-state index in [1.807, 2.05) is 54.6 Å². The summed E-state index contributed by atoms with van der Waals surface area (Å²) in [6.07, 6.45) is 1.81. The molecule has 0 atom stereocenters. The molecule has 6 nitrogen and oxygen atoms in total. The Morgan fingerprint density at radius 1 is 1.08 bits per heavy atom. The van der Waals surface area contributed by atoms with Crippen LogP contribution in [0.3, 0.4) is 0 Å². The van der Waals surface area contributed by atoms with Crippen LogP contribution in [-0.2, 0) is 16.2 Å². The number of carbonyl (C=O) groups excluding carboxylic acids is 1. The van der Waals surface area contributed by atoms with Gasteiger partial charge >= 0.3 is 29.6 Å². The quantitative estimate of drug-likeness (QED) is 0.232.